The molecule has 0 aliphatic carbocycles. The molecular weight excluding hydrogens is 380 g/mol. The molecule has 4 rings (SSSR count). The number of benzene rings is 3. The largest absolute Gasteiger partial charge is 0.471 e. The number of aromatic nitrogens is 1. The Hall–Kier alpha value is -2.91. The second kappa shape index (κ2) is 9.49. The minimum atomic E-state index is 0.627. The topological polar surface area (TPSA) is 22.1 Å². The van der Waals surface area contributed by atoms with E-state index >= 15 is 0 Å². The lowest BCUT2D eigenvalue weighted by Gasteiger charge is -2.33. The Morgan fingerprint density at radius 3 is 2.32 bits per heavy atom. The lowest BCUT2D eigenvalue weighted by Crippen LogP contribution is -2.47. The molecular formula is C28H33N2O+. The van der Waals surface area contributed by atoms with Gasteiger partial charge in [-0.25, -0.2) is 4.98 Å². The van der Waals surface area contributed by atoms with E-state index in [9.17, 15) is 0 Å². The van der Waals surface area contributed by atoms with Gasteiger partial charge in [-0.1, -0.05) is 61.9 Å². The number of quaternary nitrogens is 1. The predicted molar refractivity (Wildman–Crippen MR) is 133 cm³/mol. The summed E-state index contributed by atoms with van der Waals surface area (Å²) in [7, 11) is 2.30. The Balaban J connectivity index is 1.58. The second-order valence-corrected chi connectivity index (χ2v) is 8.53. The normalized spacial score (nSPS) is 13.4. The Kier molecular flexibility index (Phi) is 6.53. The summed E-state index contributed by atoms with van der Waals surface area (Å²) in [5.74, 6) is 0.768. The van der Waals surface area contributed by atoms with E-state index in [0.717, 1.165) is 47.4 Å². The van der Waals surface area contributed by atoms with Gasteiger partial charge in [0.15, 0.2) is 0 Å². The van der Waals surface area contributed by atoms with E-state index < -0.39 is 0 Å². The quantitative estimate of drug-likeness (QED) is 0.283. The van der Waals surface area contributed by atoms with Crippen molar-refractivity contribution in [2.45, 2.75) is 33.1 Å². The summed E-state index contributed by atoms with van der Waals surface area (Å²) in [6.45, 7) is 6.99. The summed E-state index contributed by atoms with van der Waals surface area (Å²) in [4.78, 5) is 4.88. The van der Waals surface area contributed by atoms with Crippen molar-refractivity contribution in [3.05, 3.63) is 78.5 Å². The molecule has 0 saturated carbocycles. The van der Waals surface area contributed by atoms with Crippen LogP contribution in [-0.2, 0) is 6.42 Å². The Labute approximate surface area is 185 Å². The van der Waals surface area contributed by atoms with Gasteiger partial charge in [0.1, 0.15) is 18.8 Å². The van der Waals surface area contributed by atoms with Crippen LogP contribution in [0.5, 0.6) is 5.88 Å². The monoisotopic (exact) mass is 413 g/mol. The maximum atomic E-state index is 6.34. The molecule has 1 heterocycles. The molecule has 3 aromatic carbocycles. The number of pyridine rings is 1. The van der Waals surface area contributed by atoms with Gasteiger partial charge in [0.05, 0.1) is 13.6 Å². The zero-order valence-electron chi connectivity index (χ0n) is 19.0. The third kappa shape index (κ3) is 4.57. The SMILES string of the molecule is CCCCc1cc2ccccc2c(OCC[N+](C)(CC)c2cccc3ccccc23)n1. The molecule has 0 amide bonds. The van der Waals surface area contributed by atoms with Crippen LogP contribution < -0.4 is 9.22 Å². The first-order valence-electron chi connectivity index (χ1n) is 11.5. The molecule has 0 spiro atoms. The number of aryl methyl sites for hydroxylation is 1. The molecule has 0 saturated heterocycles. The first-order valence-corrected chi connectivity index (χ1v) is 11.5. The molecule has 0 bridgehead atoms. The van der Waals surface area contributed by atoms with Crippen molar-refractivity contribution in [3.8, 4) is 5.88 Å². The molecule has 1 unspecified atom stereocenters. The highest BCUT2D eigenvalue weighted by Gasteiger charge is 2.25. The van der Waals surface area contributed by atoms with Crippen LogP contribution in [0.2, 0.25) is 0 Å². The molecule has 0 aliphatic rings. The van der Waals surface area contributed by atoms with E-state index in [4.69, 9.17) is 9.72 Å². The maximum absolute atomic E-state index is 6.34. The van der Waals surface area contributed by atoms with Gasteiger partial charge in [0, 0.05) is 16.5 Å². The van der Waals surface area contributed by atoms with Gasteiger partial charge in [0.2, 0.25) is 5.88 Å². The molecule has 0 fully saturated rings. The number of unbranched alkanes of at least 4 members (excludes halogenated alkanes) is 1. The smallest absolute Gasteiger partial charge is 0.221 e. The highest BCUT2D eigenvalue weighted by molar-refractivity contribution is 5.93. The minimum absolute atomic E-state index is 0.627. The number of rotatable bonds is 9. The van der Waals surface area contributed by atoms with Crippen LogP contribution in [0.4, 0.5) is 5.69 Å². The lowest BCUT2D eigenvalue weighted by atomic mass is 10.1. The van der Waals surface area contributed by atoms with E-state index in [1.807, 2.05) is 0 Å². The zero-order valence-corrected chi connectivity index (χ0v) is 19.0. The highest BCUT2D eigenvalue weighted by atomic mass is 16.5. The van der Waals surface area contributed by atoms with Gasteiger partial charge in [-0.15, -0.1) is 0 Å². The lowest BCUT2D eigenvalue weighted by molar-refractivity contribution is 0.240. The van der Waals surface area contributed by atoms with Crippen molar-refractivity contribution in [2.24, 2.45) is 0 Å². The molecule has 3 heteroatoms. The van der Waals surface area contributed by atoms with Gasteiger partial charge < -0.3 is 4.74 Å². The van der Waals surface area contributed by atoms with Gasteiger partial charge in [0.25, 0.3) is 0 Å². The summed E-state index contributed by atoms with van der Waals surface area (Å²) in [6.07, 6.45) is 3.31. The Morgan fingerprint density at radius 1 is 0.839 bits per heavy atom. The standard InChI is InChI=1S/C28H33N2O/c1-4-6-15-24-21-23-13-8-10-17-26(23)28(29-24)31-20-19-30(3,5-2)27-18-11-14-22-12-7-9-16-25(22)27/h7-14,16-18,21H,4-6,15,19-20H2,1-3H3/q+1. The Morgan fingerprint density at radius 2 is 1.55 bits per heavy atom. The average Bonchev–Trinajstić information content (AvgIpc) is 2.82. The zero-order chi connectivity index (χ0) is 21.7. The summed E-state index contributed by atoms with van der Waals surface area (Å²) < 4.78 is 7.17. The van der Waals surface area contributed by atoms with Crippen LogP contribution in [0.25, 0.3) is 21.5 Å². The summed E-state index contributed by atoms with van der Waals surface area (Å²) in [5.41, 5.74) is 2.47. The number of likely N-dealkylation sites (N-methyl/N-ethyl adjacent to an activating group) is 1. The van der Waals surface area contributed by atoms with Gasteiger partial charge in [-0.2, -0.15) is 0 Å². The molecule has 160 valence electrons. The van der Waals surface area contributed by atoms with E-state index in [-0.39, 0.29) is 0 Å². The van der Waals surface area contributed by atoms with Gasteiger partial charge in [-0.05, 0) is 54.8 Å². The van der Waals surface area contributed by atoms with Gasteiger partial charge >= 0.3 is 0 Å². The van der Waals surface area contributed by atoms with Crippen molar-refractivity contribution in [1.29, 1.82) is 0 Å². The fourth-order valence-corrected chi connectivity index (χ4v) is 4.29. The molecule has 3 nitrogen and oxygen atoms in total. The van der Waals surface area contributed by atoms with Crippen LogP contribution in [0.1, 0.15) is 32.4 Å². The third-order valence-corrected chi connectivity index (χ3v) is 6.41. The summed E-state index contributed by atoms with van der Waals surface area (Å²) in [6, 6.07) is 25.9. The molecule has 4 aromatic rings. The van der Waals surface area contributed by atoms with Crippen LogP contribution in [0, 0.1) is 0 Å². The predicted octanol–water partition coefficient (Wildman–Crippen LogP) is 6.77. The molecule has 1 aromatic heterocycles. The first kappa shape index (κ1) is 21.3. The third-order valence-electron chi connectivity index (χ3n) is 6.41. The molecule has 31 heavy (non-hydrogen) atoms. The fraction of sp³-hybridized carbons (Fsp3) is 0.321. The number of fused-ring (bicyclic) bond motifs is 2. The molecule has 1 atom stereocenters. The van der Waals surface area contributed by atoms with Crippen molar-refractivity contribution in [1.82, 2.24) is 9.47 Å². The number of ether oxygens (including phenoxy) is 1. The second-order valence-electron chi connectivity index (χ2n) is 8.53. The van der Waals surface area contributed by atoms with Crippen molar-refractivity contribution >= 4 is 27.2 Å². The van der Waals surface area contributed by atoms with Crippen molar-refractivity contribution < 1.29 is 4.74 Å². The average molecular weight is 414 g/mol. The van der Waals surface area contributed by atoms with Gasteiger partial charge in [-0.3, -0.25) is 4.48 Å². The van der Waals surface area contributed by atoms with E-state index in [2.05, 4.69) is 93.7 Å². The van der Waals surface area contributed by atoms with E-state index in [1.54, 1.807) is 0 Å². The number of hydrogen-bond acceptors (Lipinski definition) is 2. The van der Waals surface area contributed by atoms with Crippen molar-refractivity contribution in [2.75, 3.05) is 26.7 Å². The van der Waals surface area contributed by atoms with Crippen LogP contribution in [-0.4, -0.2) is 31.7 Å². The van der Waals surface area contributed by atoms with Crippen LogP contribution in [0.3, 0.4) is 0 Å². The number of hydrogen-bond donors (Lipinski definition) is 0. The maximum Gasteiger partial charge on any atom is 0.221 e. The first-order chi connectivity index (χ1) is 15.1. The molecule has 0 radical (unpaired) electrons. The number of nitrogens with zero attached hydrogens (tertiary/aromatic N) is 2. The van der Waals surface area contributed by atoms with E-state index in [0.29, 0.717) is 6.61 Å². The van der Waals surface area contributed by atoms with Crippen LogP contribution >= 0.6 is 0 Å². The van der Waals surface area contributed by atoms with Crippen LogP contribution in [0.15, 0.2) is 72.8 Å². The molecule has 0 N–H and O–H groups in total. The summed E-state index contributed by atoms with van der Waals surface area (Å²) >= 11 is 0. The Bertz CT molecular complexity index is 1160. The summed E-state index contributed by atoms with van der Waals surface area (Å²) in [5, 5.41) is 4.91. The van der Waals surface area contributed by atoms with Crippen molar-refractivity contribution in [3.63, 3.8) is 0 Å². The molecule has 0 aliphatic heterocycles. The fourth-order valence-electron chi connectivity index (χ4n) is 4.29. The minimum Gasteiger partial charge on any atom is -0.471 e. The highest BCUT2D eigenvalue weighted by Crippen LogP contribution is 2.31. The van der Waals surface area contributed by atoms with E-state index in [1.165, 1.54) is 28.3 Å².